The molecule has 0 amide bonds. The van der Waals surface area contributed by atoms with Gasteiger partial charge >= 0.3 is 6.18 Å². The molecule has 0 radical (unpaired) electrons. The van der Waals surface area contributed by atoms with Crippen LogP contribution in [0.5, 0.6) is 0 Å². The van der Waals surface area contributed by atoms with Gasteiger partial charge in [0, 0.05) is 0 Å². The molecule has 0 heterocycles. The van der Waals surface area contributed by atoms with Crippen molar-refractivity contribution in [2.45, 2.75) is 29.5 Å². The molecule has 1 aromatic carbocycles. The first-order valence-electron chi connectivity index (χ1n) is 5.34. The summed E-state index contributed by atoms with van der Waals surface area (Å²) >= 11 is 0. The molecular formula is C10H9F5N2O2S. The van der Waals surface area contributed by atoms with Crippen molar-refractivity contribution in [3.8, 4) is 0 Å². The molecule has 10 heteroatoms. The van der Waals surface area contributed by atoms with Gasteiger partial charge in [0.05, 0.1) is 0 Å². The Hall–Kier alpha value is -1.42. The number of rotatable bonds is 3. The van der Waals surface area contributed by atoms with Crippen LogP contribution in [0.4, 0.5) is 27.6 Å². The van der Waals surface area contributed by atoms with Crippen molar-refractivity contribution < 1.29 is 30.4 Å². The minimum atomic E-state index is -4.80. The molecule has 1 aliphatic rings. The molecule has 1 aromatic rings. The zero-order valence-electron chi connectivity index (χ0n) is 9.76. The number of hydrogen-bond acceptors (Lipinski definition) is 3. The van der Waals surface area contributed by atoms with E-state index in [-0.39, 0.29) is 0 Å². The Morgan fingerprint density at radius 3 is 2.20 bits per heavy atom. The predicted octanol–water partition coefficient (Wildman–Crippen LogP) is 1.92. The van der Waals surface area contributed by atoms with Crippen molar-refractivity contribution in [1.82, 2.24) is 4.72 Å². The Kier molecular flexibility index (Phi) is 3.21. The van der Waals surface area contributed by atoms with Crippen LogP contribution >= 0.6 is 0 Å². The largest absolute Gasteiger partial charge is 0.407 e. The van der Waals surface area contributed by atoms with Crippen molar-refractivity contribution in [3.63, 3.8) is 0 Å². The van der Waals surface area contributed by atoms with Crippen molar-refractivity contribution >= 4 is 15.7 Å². The van der Waals surface area contributed by atoms with Crippen LogP contribution in [0, 0.1) is 11.6 Å². The Morgan fingerprint density at radius 1 is 1.20 bits per heavy atom. The minimum Gasteiger partial charge on any atom is -0.394 e. The average molecular weight is 316 g/mol. The van der Waals surface area contributed by atoms with Crippen LogP contribution in [0.2, 0.25) is 0 Å². The number of nitrogen functional groups attached to an aromatic ring is 1. The molecule has 1 saturated carbocycles. The van der Waals surface area contributed by atoms with Gasteiger partial charge in [0.2, 0.25) is 10.0 Å². The van der Waals surface area contributed by atoms with E-state index in [0.717, 1.165) is 0 Å². The first-order valence-corrected chi connectivity index (χ1v) is 6.83. The summed E-state index contributed by atoms with van der Waals surface area (Å²) in [5.74, 6) is -2.81. The summed E-state index contributed by atoms with van der Waals surface area (Å²) in [5.41, 5.74) is 1.33. The van der Waals surface area contributed by atoms with Gasteiger partial charge < -0.3 is 5.73 Å². The lowest BCUT2D eigenvalue weighted by Gasteiger charge is -2.20. The van der Waals surface area contributed by atoms with Crippen molar-refractivity contribution in [2.24, 2.45) is 0 Å². The topological polar surface area (TPSA) is 72.2 Å². The monoisotopic (exact) mass is 316 g/mol. The van der Waals surface area contributed by atoms with Gasteiger partial charge in [0.1, 0.15) is 21.9 Å². The van der Waals surface area contributed by atoms with Crippen molar-refractivity contribution in [3.05, 3.63) is 23.8 Å². The van der Waals surface area contributed by atoms with Gasteiger partial charge in [-0.1, -0.05) is 0 Å². The van der Waals surface area contributed by atoms with Gasteiger partial charge in [0.25, 0.3) is 0 Å². The van der Waals surface area contributed by atoms with Gasteiger partial charge in [-0.25, -0.2) is 17.2 Å². The first kappa shape index (κ1) is 15.0. The molecule has 0 bridgehead atoms. The summed E-state index contributed by atoms with van der Waals surface area (Å²) in [6.07, 6.45) is -5.66. The number of halogens is 5. The van der Waals surface area contributed by atoms with E-state index >= 15 is 0 Å². The summed E-state index contributed by atoms with van der Waals surface area (Å²) in [4.78, 5) is -1.12. The third-order valence-electron chi connectivity index (χ3n) is 3.00. The SMILES string of the molecule is Nc1c(F)ccc(S(=O)(=O)NC2(C(F)(F)F)CC2)c1F. The summed E-state index contributed by atoms with van der Waals surface area (Å²) in [6.45, 7) is 0. The number of hydrogen-bond donors (Lipinski definition) is 2. The third kappa shape index (κ3) is 2.33. The van der Waals surface area contributed by atoms with Crippen LogP contribution in [0.1, 0.15) is 12.8 Å². The highest BCUT2D eigenvalue weighted by atomic mass is 32.2. The molecule has 4 nitrogen and oxygen atoms in total. The molecule has 0 saturated heterocycles. The van der Waals surface area contributed by atoms with E-state index in [1.54, 1.807) is 0 Å². The lowest BCUT2D eigenvalue weighted by atomic mass is 10.3. The molecule has 0 aromatic heterocycles. The van der Waals surface area contributed by atoms with Gasteiger partial charge in [-0.3, -0.25) is 0 Å². The van der Waals surface area contributed by atoms with E-state index in [1.165, 1.54) is 4.72 Å². The predicted molar refractivity (Wildman–Crippen MR) is 59.1 cm³/mol. The fraction of sp³-hybridized carbons (Fsp3) is 0.400. The maximum absolute atomic E-state index is 13.6. The highest BCUT2D eigenvalue weighted by molar-refractivity contribution is 7.89. The quantitative estimate of drug-likeness (QED) is 0.661. The lowest BCUT2D eigenvalue weighted by molar-refractivity contribution is -0.160. The van der Waals surface area contributed by atoms with Crippen molar-refractivity contribution in [2.75, 3.05) is 5.73 Å². The second kappa shape index (κ2) is 4.29. The molecule has 0 unspecified atom stereocenters. The molecule has 3 N–H and O–H groups in total. The Morgan fingerprint density at radius 2 is 1.75 bits per heavy atom. The van der Waals surface area contributed by atoms with Gasteiger partial charge in [-0.15, -0.1) is 0 Å². The molecule has 112 valence electrons. The normalized spacial score (nSPS) is 18.1. The first-order chi connectivity index (χ1) is 9.00. The molecule has 1 fully saturated rings. The maximum Gasteiger partial charge on any atom is 0.407 e. The zero-order chi connectivity index (χ0) is 15.3. The third-order valence-corrected chi connectivity index (χ3v) is 4.56. The highest BCUT2D eigenvalue weighted by Gasteiger charge is 2.65. The second-order valence-corrected chi connectivity index (χ2v) is 6.11. The Bertz CT molecular complexity index is 652. The number of anilines is 1. The van der Waals surface area contributed by atoms with Crippen LogP contribution in [0.3, 0.4) is 0 Å². The van der Waals surface area contributed by atoms with E-state index in [2.05, 4.69) is 0 Å². The van der Waals surface area contributed by atoms with Crippen LogP contribution < -0.4 is 10.5 Å². The smallest absolute Gasteiger partial charge is 0.394 e. The van der Waals surface area contributed by atoms with Crippen molar-refractivity contribution in [1.29, 1.82) is 0 Å². The van der Waals surface area contributed by atoms with E-state index in [9.17, 15) is 30.4 Å². The van der Waals surface area contributed by atoms with Crippen LogP contribution in [0.25, 0.3) is 0 Å². The maximum atomic E-state index is 13.6. The standard InChI is InChI=1S/C10H9F5N2O2S/c11-5-1-2-6(7(12)8(5)16)20(18,19)17-9(3-4-9)10(13,14)15/h1-2,17H,3-4,16H2. The Balaban J connectivity index is 2.41. The molecular weight excluding hydrogens is 307 g/mol. The van der Waals surface area contributed by atoms with E-state index < -0.39 is 56.8 Å². The molecule has 0 aliphatic heterocycles. The summed E-state index contributed by atoms with van der Waals surface area (Å²) in [6, 6.07) is 1.09. The van der Waals surface area contributed by atoms with E-state index in [1.807, 2.05) is 0 Å². The van der Waals surface area contributed by atoms with Gasteiger partial charge in [0.15, 0.2) is 5.82 Å². The lowest BCUT2D eigenvalue weighted by Crippen LogP contribution is -2.47. The summed E-state index contributed by atoms with van der Waals surface area (Å²) < 4.78 is 89.5. The van der Waals surface area contributed by atoms with Gasteiger partial charge in [-0.2, -0.15) is 17.9 Å². The number of benzene rings is 1. The second-order valence-electron chi connectivity index (χ2n) is 4.46. The Labute approximate surface area is 110 Å². The van der Waals surface area contributed by atoms with Crippen LogP contribution in [-0.4, -0.2) is 20.1 Å². The average Bonchev–Trinajstić information content (AvgIpc) is 3.05. The van der Waals surface area contributed by atoms with Gasteiger partial charge in [-0.05, 0) is 25.0 Å². The van der Waals surface area contributed by atoms with Crippen LogP contribution in [0.15, 0.2) is 17.0 Å². The molecule has 20 heavy (non-hydrogen) atoms. The summed E-state index contributed by atoms with van der Waals surface area (Å²) in [7, 11) is -4.80. The van der Waals surface area contributed by atoms with E-state index in [0.29, 0.717) is 12.1 Å². The molecule has 0 atom stereocenters. The minimum absolute atomic E-state index is 0.436. The molecule has 1 aliphatic carbocycles. The van der Waals surface area contributed by atoms with Crippen LogP contribution in [-0.2, 0) is 10.0 Å². The summed E-state index contributed by atoms with van der Waals surface area (Å²) in [5, 5.41) is 0. The molecule has 2 rings (SSSR count). The molecule has 0 spiro atoms. The number of nitrogens with two attached hydrogens (primary N) is 1. The number of alkyl halides is 3. The number of nitrogens with one attached hydrogen (secondary N) is 1. The van der Waals surface area contributed by atoms with E-state index in [4.69, 9.17) is 5.73 Å². The highest BCUT2D eigenvalue weighted by Crippen LogP contribution is 2.49. The fourth-order valence-electron chi connectivity index (χ4n) is 1.64. The number of sulfonamides is 1. The zero-order valence-corrected chi connectivity index (χ0v) is 10.6. The fourth-order valence-corrected chi connectivity index (χ4v) is 3.17.